The number of hydrogen-bond acceptors (Lipinski definition) is 1. The first-order valence-corrected chi connectivity index (χ1v) is 3.33. The summed E-state index contributed by atoms with van der Waals surface area (Å²) in [6.07, 6.45) is 0. The molecule has 0 rings (SSSR count). The zero-order chi connectivity index (χ0) is 7.49. The fourth-order valence-electron chi connectivity index (χ4n) is 0.191. The van der Waals surface area contributed by atoms with Crippen molar-refractivity contribution >= 4 is 11.2 Å². The fourth-order valence-corrected chi connectivity index (χ4v) is 0.574. The first-order valence-electron chi connectivity index (χ1n) is 2.02. The Morgan fingerprint density at radius 1 is 1.44 bits per heavy atom. The Hall–Kier alpha value is 0.0600. The first-order chi connectivity index (χ1) is 3.98. The van der Waals surface area contributed by atoms with Crippen molar-refractivity contribution < 1.29 is 22.8 Å². The van der Waals surface area contributed by atoms with E-state index in [4.69, 9.17) is 0 Å². The molecule has 9 heavy (non-hydrogen) atoms. The van der Waals surface area contributed by atoms with Crippen LogP contribution in [0.5, 0.6) is 0 Å². The molecular formula is C3H4F3O2S. The molecule has 0 aromatic heterocycles. The Bertz CT molecular complexity index is 83.6. The lowest BCUT2D eigenvalue weighted by Crippen LogP contribution is -2.27. The van der Waals surface area contributed by atoms with E-state index < -0.39 is 29.0 Å². The zero-order valence-electron chi connectivity index (χ0n) is 4.27. The van der Waals surface area contributed by atoms with E-state index in [0.29, 0.717) is 0 Å². The summed E-state index contributed by atoms with van der Waals surface area (Å²) in [5, 5.41) is 9.49. The molecule has 0 saturated carbocycles. The van der Waals surface area contributed by atoms with Gasteiger partial charge in [-0.05, 0) is 0 Å². The summed E-state index contributed by atoms with van der Waals surface area (Å²) < 4.78 is 43.4. The summed E-state index contributed by atoms with van der Waals surface area (Å²) in [5.74, 6) is -0.844. The fraction of sp³-hybridized carbons (Fsp3) is 1.00. The van der Waals surface area contributed by atoms with E-state index in [-0.39, 0.29) is 0 Å². The van der Waals surface area contributed by atoms with Gasteiger partial charge in [-0.25, -0.2) is 5.11 Å². The number of alkyl halides is 3. The Balaban J connectivity index is 3.59. The van der Waals surface area contributed by atoms with E-state index in [9.17, 15) is 22.8 Å². The standard InChI is InChI=1S/C3H4F3O2S/c4-3(5,6)9(8)2-1-7/h1-2H2. The highest BCUT2D eigenvalue weighted by molar-refractivity contribution is 7.92. The second-order valence-corrected chi connectivity index (χ2v) is 2.76. The lowest BCUT2D eigenvalue weighted by Gasteiger charge is -2.09. The van der Waals surface area contributed by atoms with Crippen LogP contribution in [0.25, 0.3) is 0 Å². The molecule has 0 fully saturated rings. The monoisotopic (exact) mass is 161 g/mol. The Labute approximate surface area is 52.9 Å². The number of hydrogen-bond donors (Lipinski definition) is 0. The highest BCUT2D eigenvalue weighted by Gasteiger charge is 2.43. The molecule has 2 nitrogen and oxygen atoms in total. The molecule has 0 aliphatic carbocycles. The highest BCUT2D eigenvalue weighted by atomic mass is 32.2. The second kappa shape index (κ2) is 3.28. The average molecular weight is 161 g/mol. The van der Waals surface area contributed by atoms with Crippen LogP contribution in [0.1, 0.15) is 0 Å². The highest BCUT2D eigenvalue weighted by Crippen LogP contribution is 2.23. The summed E-state index contributed by atoms with van der Waals surface area (Å²) in [6.45, 7) is -0.952. The van der Waals surface area contributed by atoms with Crippen LogP contribution in [0.2, 0.25) is 0 Å². The normalized spacial score (nSPS) is 15.7. The van der Waals surface area contributed by atoms with Gasteiger partial charge in [0.2, 0.25) is 0 Å². The van der Waals surface area contributed by atoms with Gasteiger partial charge in [0, 0.05) is 0 Å². The molecule has 0 bridgehead atoms. The van der Waals surface area contributed by atoms with Crippen molar-refractivity contribution in [3.63, 3.8) is 0 Å². The molecule has 6 heteroatoms. The zero-order valence-corrected chi connectivity index (χ0v) is 5.09. The van der Waals surface area contributed by atoms with Crippen LogP contribution in [-0.4, -0.2) is 22.4 Å². The third-order valence-corrected chi connectivity index (χ3v) is 1.58. The molecule has 0 N–H and O–H groups in total. The van der Waals surface area contributed by atoms with Gasteiger partial charge in [0.05, 0.1) is 11.2 Å². The van der Waals surface area contributed by atoms with Crippen molar-refractivity contribution in [3.05, 3.63) is 0 Å². The van der Waals surface area contributed by atoms with Crippen LogP contribution < -0.4 is 0 Å². The van der Waals surface area contributed by atoms with Gasteiger partial charge in [0.1, 0.15) is 12.4 Å². The Morgan fingerprint density at radius 2 is 1.89 bits per heavy atom. The van der Waals surface area contributed by atoms with Crippen molar-refractivity contribution in [1.82, 2.24) is 0 Å². The lowest BCUT2D eigenvalue weighted by atomic mass is 10.9. The van der Waals surface area contributed by atoms with Gasteiger partial charge in [-0.3, -0.25) is 0 Å². The molecule has 0 aliphatic rings. The summed E-state index contributed by atoms with van der Waals surface area (Å²) in [5.41, 5.74) is -4.72. The largest absolute Gasteiger partial charge is 0.609 e. The van der Waals surface area contributed by atoms with Gasteiger partial charge < -0.3 is 4.55 Å². The summed E-state index contributed by atoms with van der Waals surface area (Å²) in [7, 11) is 0. The van der Waals surface area contributed by atoms with Crippen LogP contribution in [0.4, 0.5) is 13.2 Å². The topological polar surface area (TPSA) is 43.0 Å². The third kappa shape index (κ3) is 3.61. The van der Waals surface area contributed by atoms with E-state index in [0.717, 1.165) is 0 Å². The lowest BCUT2D eigenvalue weighted by molar-refractivity contribution is -0.0439. The smallest absolute Gasteiger partial charge is 0.572 e. The van der Waals surface area contributed by atoms with Crippen LogP contribution in [0, 0.1) is 0 Å². The minimum atomic E-state index is -4.72. The molecule has 1 unspecified atom stereocenters. The van der Waals surface area contributed by atoms with E-state index >= 15 is 0 Å². The molecule has 0 saturated heterocycles. The number of halogens is 3. The summed E-state index contributed by atoms with van der Waals surface area (Å²) in [6, 6.07) is 0. The number of rotatable bonds is 2. The molecule has 0 aliphatic heterocycles. The molecule has 1 radical (unpaired) electrons. The minimum absolute atomic E-state index is 0.844. The van der Waals surface area contributed by atoms with Crippen molar-refractivity contribution in [3.8, 4) is 0 Å². The minimum Gasteiger partial charge on any atom is -0.609 e. The van der Waals surface area contributed by atoms with Crippen molar-refractivity contribution in [1.29, 1.82) is 0 Å². The van der Waals surface area contributed by atoms with Gasteiger partial charge >= 0.3 is 5.51 Å². The average Bonchev–Trinajstić information content (AvgIpc) is 1.64. The second-order valence-electron chi connectivity index (χ2n) is 1.20. The molecular weight excluding hydrogens is 157 g/mol. The SMILES string of the molecule is [O]CC[S+]([O-])C(F)(F)F. The van der Waals surface area contributed by atoms with Gasteiger partial charge in [0.25, 0.3) is 0 Å². The van der Waals surface area contributed by atoms with E-state index in [1.54, 1.807) is 0 Å². The van der Waals surface area contributed by atoms with Gasteiger partial charge in [-0.2, -0.15) is 0 Å². The van der Waals surface area contributed by atoms with E-state index in [1.807, 2.05) is 0 Å². The summed E-state index contributed by atoms with van der Waals surface area (Å²) in [4.78, 5) is 0. The predicted octanol–water partition coefficient (Wildman–Crippen LogP) is 0.685. The molecule has 0 aromatic rings. The Morgan fingerprint density at radius 3 is 2.00 bits per heavy atom. The van der Waals surface area contributed by atoms with Crippen LogP contribution in [0.3, 0.4) is 0 Å². The molecule has 0 amide bonds. The maximum atomic E-state index is 11.2. The van der Waals surface area contributed by atoms with Crippen LogP contribution in [0.15, 0.2) is 0 Å². The molecule has 0 heterocycles. The van der Waals surface area contributed by atoms with Crippen molar-refractivity contribution in [2.75, 3.05) is 12.4 Å². The first kappa shape index (κ1) is 9.06. The van der Waals surface area contributed by atoms with Gasteiger partial charge in [0.15, 0.2) is 0 Å². The summed E-state index contributed by atoms with van der Waals surface area (Å²) >= 11 is -2.95. The maximum absolute atomic E-state index is 11.2. The Kier molecular flexibility index (Phi) is 3.31. The molecule has 1 atom stereocenters. The quantitative estimate of drug-likeness (QED) is 0.549. The van der Waals surface area contributed by atoms with E-state index in [2.05, 4.69) is 0 Å². The van der Waals surface area contributed by atoms with Crippen molar-refractivity contribution in [2.24, 2.45) is 0 Å². The van der Waals surface area contributed by atoms with E-state index in [1.165, 1.54) is 0 Å². The molecule has 55 valence electrons. The van der Waals surface area contributed by atoms with Crippen molar-refractivity contribution in [2.45, 2.75) is 5.51 Å². The maximum Gasteiger partial charge on any atom is 0.572 e. The predicted molar refractivity (Wildman–Crippen MR) is 24.6 cm³/mol. The van der Waals surface area contributed by atoms with Crippen LogP contribution >= 0.6 is 0 Å². The van der Waals surface area contributed by atoms with Gasteiger partial charge in [-0.15, -0.1) is 13.2 Å². The third-order valence-electron chi connectivity index (χ3n) is 0.527. The van der Waals surface area contributed by atoms with Gasteiger partial charge in [-0.1, -0.05) is 0 Å². The molecule has 0 spiro atoms. The molecule has 0 aromatic carbocycles. The van der Waals surface area contributed by atoms with Crippen LogP contribution in [-0.2, 0) is 16.3 Å².